The first-order chi connectivity index (χ1) is 8.24. The molecule has 0 aliphatic carbocycles. The zero-order valence-corrected chi connectivity index (χ0v) is 10.1. The van der Waals surface area contributed by atoms with Crippen LogP contribution in [0, 0.1) is 6.92 Å². The molecule has 0 aliphatic rings. The summed E-state index contributed by atoms with van der Waals surface area (Å²) >= 11 is -1.83. The van der Waals surface area contributed by atoms with E-state index in [-0.39, 0.29) is 0 Å². The molecule has 0 bridgehead atoms. The number of hydrogen-bond acceptors (Lipinski definition) is 3. The number of rotatable bonds is 4. The highest BCUT2D eigenvalue weighted by molar-refractivity contribution is 7.75. The molecule has 4 heteroatoms. The van der Waals surface area contributed by atoms with Gasteiger partial charge in [0.1, 0.15) is 11.5 Å². The zero-order valence-electron chi connectivity index (χ0n) is 9.33. The maximum Gasteiger partial charge on any atom is 0.417 e. The van der Waals surface area contributed by atoms with Gasteiger partial charge in [-0.25, -0.2) is 0 Å². The molecule has 88 valence electrons. The summed E-state index contributed by atoms with van der Waals surface area (Å²) in [4.78, 5) is 0. The van der Waals surface area contributed by atoms with Crippen LogP contribution in [0.25, 0.3) is 0 Å². The SMILES string of the molecule is Cc1ccc(OS(=O)Oc2ccccc2)cc1. The van der Waals surface area contributed by atoms with Gasteiger partial charge in [-0.3, -0.25) is 0 Å². The molecule has 0 saturated heterocycles. The summed E-state index contributed by atoms with van der Waals surface area (Å²) < 4.78 is 21.8. The van der Waals surface area contributed by atoms with Crippen LogP contribution in [0.3, 0.4) is 0 Å². The summed E-state index contributed by atoms with van der Waals surface area (Å²) in [6.07, 6.45) is 0. The smallest absolute Gasteiger partial charge is 0.371 e. The van der Waals surface area contributed by atoms with Crippen molar-refractivity contribution in [3.05, 3.63) is 60.2 Å². The molecule has 2 aromatic carbocycles. The van der Waals surface area contributed by atoms with Gasteiger partial charge in [0.25, 0.3) is 0 Å². The molecule has 0 aliphatic heterocycles. The molecule has 0 saturated carbocycles. The normalized spacial score (nSPS) is 11.8. The lowest BCUT2D eigenvalue weighted by Gasteiger charge is -2.05. The lowest BCUT2D eigenvalue weighted by Crippen LogP contribution is -2.07. The van der Waals surface area contributed by atoms with Crippen molar-refractivity contribution >= 4 is 11.4 Å². The van der Waals surface area contributed by atoms with Crippen molar-refractivity contribution in [2.75, 3.05) is 0 Å². The third-order valence-corrected chi connectivity index (χ3v) is 2.75. The van der Waals surface area contributed by atoms with Crippen molar-refractivity contribution in [2.45, 2.75) is 6.92 Å². The van der Waals surface area contributed by atoms with E-state index < -0.39 is 11.4 Å². The highest BCUT2D eigenvalue weighted by Crippen LogP contribution is 2.15. The fourth-order valence-corrected chi connectivity index (χ4v) is 1.81. The standard InChI is InChI=1S/C13H12O3S/c1-11-7-9-13(10-8-11)16-17(14)15-12-5-3-2-4-6-12/h2-10H,1H3. The quantitative estimate of drug-likeness (QED) is 0.834. The van der Waals surface area contributed by atoms with E-state index in [0.717, 1.165) is 5.56 Å². The van der Waals surface area contributed by atoms with E-state index in [1.54, 1.807) is 36.4 Å². The summed E-state index contributed by atoms with van der Waals surface area (Å²) in [7, 11) is 0. The van der Waals surface area contributed by atoms with Crippen LogP contribution in [0.1, 0.15) is 5.56 Å². The second kappa shape index (κ2) is 5.50. The van der Waals surface area contributed by atoms with Gasteiger partial charge in [-0.05, 0) is 31.2 Å². The summed E-state index contributed by atoms with van der Waals surface area (Å²) in [5.74, 6) is 1.03. The van der Waals surface area contributed by atoms with Gasteiger partial charge in [-0.2, -0.15) is 4.21 Å². The van der Waals surface area contributed by atoms with Crippen LogP contribution in [-0.4, -0.2) is 4.21 Å². The van der Waals surface area contributed by atoms with Gasteiger partial charge in [0.2, 0.25) is 0 Å². The van der Waals surface area contributed by atoms with E-state index in [4.69, 9.17) is 8.37 Å². The first-order valence-electron chi connectivity index (χ1n) is 5.14. The molecule has 0 fully saturated rings. The summed E-state index contributed by atoms with van der Waals surface area (Å²) in [6.45, 7) is 1.97. The second-order valence-electron chi connectivity index (χ2n) is 3.50. The third-order valence-electron chi connectivity index (χ3n) is 2.09. The molecule has 0 heterocycles. The Labute approximate surface area is 103 Å². The molecule has 0 amide bonds. The monoisotopic (exact) mass is 248 g/mol. The molecule has 0 spiro atoms. The number of aryl methyl sites for hydroxylation is 1. The van der Waals surface area contributed by atoms with Crippen LogP contribution in [0.2, 0.25) is 0 Å². The van der Waals surface area contributed by atoms with Gasteiger partial charge in [0, 0.05) is 0 Å². The van der Waals surface area contributed by atoms with Gasteiger partial charge >= 0.3 is 11.4 Å². The number of benzene rings is 2. The van der Waals surface area contributed by atoms with Crippen molar-refractivity contribution < 1.29 is 12.6 Å². The first-order valence-corrected chi connectivity index (χ1v) is 6.14. The highest BCUT2D eigenvalue weighted by atomic mass is 32.2. The molecule has 2 aromatic rings. The third kappa shape index (κ3) is 3.60. The molecule has 17 heavy (non-hydrogen) atoms. The average Bonchev–Trinajstić information content (AvgIpc) is 2.33. The second-order valence-corrected chi connectivity index (χ2v) is 4.24. The maximum absolute atomic E-state index is 11.5. The fourth-order valence-electron chi connectivity index (χ4n) is 1.24. The van der Waals surface area contributed by atoms with Gasteiger partial charge in [0.15, 0.2) is 0 Å². The molecule has 3 nitrogen and oxygen atoms in total. The molecule has 0 N–H and O–H groups in total. The highest BCUT2D eigenvalue weighted by Gasteiger charge is 2.04. The zero-order chi connectivity index (χ0) is 12.1. The topological polar surface area (TPSA) is 35.5 Å². The molecular formula is C13H12O3S. The molecule has 0 aromatic heterocycles. The van der Waals surface area contributed by atoms with Crippen molar-refractivity contribution in [3.63, 3.8) is 0 Å². The predicted octanol–water partition coefficient (Wildman–Crippen LogP) is 3.03. The van der Waals surface area contributed by atoms with Crippen LogP contribution in [-0.2, 0) is 11.4 Å². The summed E-state index contributed by atoms with van der Waals surface area (Å²) in [5.41, 5.74) is 1.12. The van der Waals surface area contributed by atoms with E-state index in [1.807, 2.05) is 25.1 Å². The van der Waals surface area contributed by atoms with Crippen LogP contribution in [0.4, 0.5) is 0 Å². The van der Waals surface area contributed by atoms with Crippen molar-refractivity contribution in [1.82, 2.24) is 0 Å². The number of hydrogen-bond donors (Lipinski definition) is 0. The average molecular weight is 248 g/mol. The first kappa shape index (κ1) is 11.7. The lowest BCUT2D eigenvalue weighted by atomic mass is 10.2. The molecular weight excluding hydrogens is 236 g/mol. The fraction of sp³-hybridized carbons (Fsp3) is 0.0769. The molecule has 0 radical (unpaired) electrons. The Bertz CT molecular complexity index is 494. The minimum absolute atomic E-state index is 0.512. The van der Waals surface area contributed by atoms with Crippen molar-refractivity contribution in [1.29, 1.82) is 0 Å². The van der Waals surface area contributed by atoms with Gasteiger partial charge < -0.3 is 8.37 Å². The minimum atomic E-state index is -1.83. The van der Waals surface area contributed by atoms with Gasteiger partial charge in [-0.15, -0.1) is 0 Å². The minimum Gasteiger partial charge on any atom is -0.371 e. The maximum atomic E-state index is 11.5. The van der Waals surface area contributed by atoms with Gasteiger partial charge in [0.05, 0.1) is 0 Å². The Kier molecular flexibility index (Phi) is 3.77. The van der Waals surface area contributed by atoms with Gasteiger partial charge in [-0.1, -0.05) is 35.9 Å². The largest absolute Gasteiger partial charge is 0.417 e. The van der Waals surface area contributed by atoms with Crippen LogP contribution < -0.4 is 8.37 Å². The van der Waals surface area contributed by atoms with Crippen LogP contribution in [0.5, 0.6) is 11.5 Å². The van der Waals surface area contributed by atoms with E-state index in [2.05, 4.69) is 0 Å². The molecule has 1 atom stereocenters. The van der Waals surface area contributed by atoms with Crippen LogP contribution >= 0.6 is 0 Å². The Morgan fingerprint density at radius 3 is 1.94 bits per heavy atom. The Morgan fingerprint density at radius 2 is 1.35 bits per heavy atom. The van der Waals surface area contributed by atoms with E-state index in [9.17, 15) is 4.21 Å². The molecule has 1 unspecified atom stereocenters. The Morgan fingerprint density at radius 1 is 0.824 bits per heavy atom. The van der Waals surface area contributed by atoms with Crippen molar-refractivity contribution in [3.8, 4) is 11.5 Å². The summed E-state index contributed by atoms with van der Waals surface area (Å²) in [5, 5.41) is 0. The Hall–Kier alpha value is -1.81. The van der Waals surface area contributed by atoms with E-state index in [1.165, 1.54) is 0 Å². The lowest BCUT2D eigenvalue weighted by molar-refractivity contribution is 0.462. The van der Waals surface area contributed by atoms with Crippen molar-refractivity contribution in [2.24, 2.45) is 0 Å². The van der Waals surface area contributed by atoms with Crippen LogP contribution in [0.15, 0.2) is 54.6 Å². The molecule has 2 rings (SSSR count). The van der Waals surface area contributed by atoms with E-state index >= 15 is 0 Å². The number of para-hydroxylation sites is 1. The summed E-state index contributed by atoms with van der Waals surface area (Å²) in [6, 6.07) is 16.2. The Balaban J connectivity index is 1.96. The van der Waals surface area contributed by atoms with E-state index in [0.29, 0.717) is 11.5 Å². The predicted molar refractivity (Wildman–Crippen MR) is 67.0 cm³/mol.